The number of rotatable bonds is 17. The monoisotopic (exact) mass is 458 g/mol. The van der Waals surface area contributed by atoms with E-state index in [9.17, 15) is 24.3 Å². The van der Waals surface area contributed by atoms with E-state index >= 15 is 0 Å². The van der Waals surface area contributed by atoms with E-state index in [1.807, 2.05) is 13.8 Å². The quantitative estimate of drug-likeness (QED) is 0.137. The molecule has 0 heterocycles. The van der Waals surface area contributed by atoms with Crippen LogP contribution in [0.25, 0.3) is 0 Å². The number of hydrogen-bond acceptors (Lipinski definition) is 7. The van der Waals surface area contributed by atoms with Crippen LogP contribution in [0.3, 0.4) is 0 Å². The van der Waals surface area contributed by atoms with Gasteiger partial charge in [0.2, 0.25) is 17.7 Å². The van der Waals surface area contributed by atoms with Gasteiger partial charge in [-0.15, -0.1) is 0 Å². The summed E-state index contributed by atoms with van der Waals surface area (Å²) in [5, 5.41) is 17.2. The lowest BCUT2D eigenvalue weighted by Crippen LogP contribution is -2.57. The zero-order valence-corrected chi connectivity index (χ0v) is 19.6. The molecule has 10 N–H and O–H groups in total. The third kappa shape index (κ3) is 12.6. The second kappa shape index (κ2) is 16.4. The summed E-state index contributed by atoms with van der Waals surface area (Å²) in [6.07, 6.45) is 3.31. The number of carboxylic acids is 1. The number of nitrogens with one attached hydrogen (secondary N) is 3. The van der Waals surface area contributed by atoms with Crippen molar-refractivity contribution >= 4 is 23.7 Å². The van der Waals surface area contributed by atoms with E-state index in [0.29, 0.717) is 51.6 Å². The summed E-state index contributed by atoms with van der Waals surface area (Å²) in [4.78, 5) is 49.3. The highest BCUT2D eigenvalue weighted by Gasteiger charge is 2.29. The van der Waals surface area contributed by atoms with Crippen molar-refractivity contribution < 1.29 is 24.3 Å². The molecule has 3 amide bonds. The average molecular weight is 459 g/mol. The van der Waals surface area contributed by atoms with Crippen molar-refractivity contribution in [1.82, 2.24) is 16.0 Å². The Morgan fingerprint density at radius 1 is 0.719 bits per heavy atom. The molecule has 186 valence electrons. The fourth-order valence-electron chi connectivity index (χ4n) is 3.06. The van der Waals surface area contributed by atoms with Gasteiger partial charge in [-0.2, -0.15) is 0 Å². The first-order valence-electron chi connectivity index (χ1n) is 11.3. The molecule has 0 fully saturated rings. The minimum atomic E-state index is -1.15. The zero-order chi connectivity index (χ0) is 24.7. The lowest BCUT2D eigenvalue weighted by atomic mass is 10.0. The minimum absolute atomic E-state index is 0.0996. The number of unbranched alkanes of at least 4 members (excludes halogenated alkanes) is 2. The highest BCUT2D eigenvalue weighted by Crippen LogP contribution is 2.09. The smallest absolute Gasteiger partial charge is 0.326 e. The predicted octanol–water partition coefficient (Wildman–Crippen LogP) is -0.823. The van der Waals surface area contributed by atoms with Crippen LogP contribution < -0.4 is 33.2 Å². The molecular formula is C21H42N6O5. The van der Waals surface area contributed by atoms with E-state index in [-0.39, 0.29) is 12.3 Å². The molecule has 0 bridgehead atoms. The van der Waals surface area contributed by atoms with Gasteiger partial charge in [0.25, 0.3) is 0 Å². The summed E-state index contributed by atoms with van der Waals surface area (Å²) in [7, 11) is 0. The third-order valence-corrected chi connectivity index (χ3v) is 4.90. The van der Waals surface area contributed by atoms with Crippen LogP contribution in [-0.2, 0) is 19.2 Å². The van der Waals surface area contributed by atoms with Crippen LogP contribution in [0.4, 0.5) is 0 Å². The number of amides is 3. The molecule has 4 unspecified atom stereocenters. The Bertz CT molecular complexity index is 599. The molecular weight excluding hydrogens is 416 g/mol. The highest BCUT2D eigenvalue weighted by atomic mass is 16.4. The Morgan fingerprint density at radius 3 is 1.59 bits per heavy atom. The second-order valence-corrected chi connectivity index (χ2v) is 8.51. The molecule has 0 aromatic carbocycles. The number of nitrogens with two attached hydrogens (primary N) is 3. The summed E-state index contributed by atoms with van der Waals surface area (Å²) in [6.45, 7) is 6.19. The largest absolute Gasteiger partial charge is 0.480 e. The maximum atomic E-state index is 12.9. The van der Waals surface area contributed by atoms with E-state index < -0.39 is 47.9 Å². The molecule has 0 aliphatic heterocycles. The Morgan fingerprint density at radius 2 is 1.16 bits per heavy atom. The molecule has 0 rings (SSSR count). The standard InChI is InChI=1S/C21H42N6O5/c1-13(2)12-17(27-18(28)14(3)24)20(30)25-15(8-4-6-10-22)19(29)26-16(21(31)32)9-5-7-11-23/h13-17H,4-12,22-24H2,1-3H3,(H,25,30)(H,26,29)(H,27,28)(H,31,32). The molecule has 4 atom stereocenters. The van der Waals surface area contributed by atoms with Crippen molar-refractivity contribution in [2.75, 3.05) is 13.1 Å². The zero-order valence-electron chi connectivity index (χ0n) is 19.6. The summed E-state index contributed by atoms with van der Waals surface area (Å²) < 4.78 is 0. The highest BCUT2D eigenvalue weighted by molar-refractivity contribution is 5.94. The van der Waals surface area contributed by atoms with Gasteiger partial charge in [0.1, 0.15) is 18.1 Å². The number of carboxylic acid groups (broad SMARTS) is 1. The van der Waals surface area contributed by atoms with E-state index in [1.165, 1.54) is 6.92 Å². The molecule has 0 saturated heterocycles. The molecule has 0 aliphatic rings. The SMILES string of the molecule is CC(C)CC(NC(=O)C(C)N)C(=O)NC(CCCCN)C(=O)NC(CCCCN)C(=O)O. The molecule has 0 radical (unpaired) electrons. The molecule has 32 heavy (non-hydrogen) atoms. The summed E-state index contributed by atoms with van der Waals surface area (Å²) in [5.41, 5.74) is 16.6. The Kier molecular flexibility index (Phi) is 15.3. The molecule has 0 aromatic rings. The van der Waals surface area contributed by atoms with Crippen LogP contribution >= 0.6 is 0 Å². The van der Waals surface area contributed by atoms with Crippen molar-refractivity contribution in [2.24, 2.45) is 23.1 Å². The Balaban J connectivity index is 5.37. The van der Waals surface area contributed by atoms with Gasteiger partial charge >= 0.3 is 5.97 Å². The van der Waals surface area contributed by atoms with E-state index in [0.717, 1.165) is 0 Å². The van der Waals surface area contributed by atoms with Crippen LogP contribution in [0.5, 0.6) is 0 Å². The van der Waals surface area contributed by atoms with Gasteiger partial charge in [-0.25, -0.2) is 4.79 Å². The predicted molar refractivity (Wildman–Crippen MR) is 122 cm³/mol. The molecule has 0 spiro atoms. The maximum absolute atomic E-state index is 12.9. The average Bonchev–Trinajstić information content (AvgIpc) is 2.71. The van der Waals surface area contributed by atoms with Gasteiger partial charge in [-0.3, -0.25) is 14.4 Å². The van der Waals surface area contributed by atoms with Gasteiger partial charge in [-0.1, -0.05) is 13.8 Å². The van der Waals surface area contributed by atoms with Crippen molar-refractivity contribution in [3.63, 3.8) is 0 Å². The molecule has 11 heteroatoms. The van der Waals surface area contributed by atoms with E-state index in [2.05, 4.69) is 16.0 Å². The van der Waals surface area contributed by atoms with Crippen LogP contribution in [0, 0.1) is 5.92 Å². The van der Waals surface area contributed by atoms with Crippen LogP contribution in [0.2, 0.25) is 0 Å². The van der Waals surface area contributed by atoms with Gasteiger partial charge in [-0.05, 0) is 70.9 Å². The third-order valence-electron chi connectivity index (χ3n) is 4.90. The first-order chi connectivity index (χ1) is 15.0. The molecule has 0 saturated carbocycles. The first kappa shape index (κ1) is 29.8. The van der Waals surface area contributed by atoms with Crippen molar-refractivity contribution in [3.8, 4) is 0 Å². The number of carbonyl (C=O) groups excluding carboxylic acids is 3. The van der Waals surface area contributed by atoms with Crippen molar-refractivity contribution in [2.45, 2.75) is 89.9 Å². The number of aliphatic carboxylic acids is 1. The Hall–Kier alpha value is -2.24. The molecule has 0 aliphatic carbocycles. The summed E-state index contributed by atoms with van der Waals surface area (Å²) in [6, 6.07) is -3.68. The lowest BCUT2D eigenvalue weighted by Gasteiger charge is -2.25. The van der Waals surface area contributed by atoms with Crippen LogP contribution in [-0.4, -0.2) is 66.1 Å². The molecule has 11 nitrogen and oxygen atoms in total. The van der Waals surface area contributed by atoms with Crippen LogP contribution in [0.1, 0.15) is 65.7 Å². The Labute approximate surface area is 190 Å². The van der Waals surface area contributed by atoms with E-state index in [1.54, 1.807) is 0 Å². The minimum Gasteiger partial charge on any atom is -0.480 e. The van der Waals surface area contributed by atoms with E-state index in [4.69, 9.17) is 17.2 Å². The van der Waals surface area contributed by atoms with Crippen molar-refractivity contribution in [1.29, 1.82) is 0 Å². The fraction of sp³-hybridized carbons (Fsp3) is 0.810. The topological polar surface area (TPSA) is 203 Å². The van der Waals surface area contributed by atoms with Crippen LogP contribution in [0.15, 0.2) is 0 Å². The maximum Gasteiger partial charge on any atom is 0.326 e. The molecule has 0 aromatic heterocycles. The summed E-state index contributed by atoms with van der Waals surface area (Å²) in [5.74, 6) is -2.62. The number of carbonyl (C=O) groups is 4. The van der Waals surface area contributed by atoms with Gasteiger partial charge < -0.3 is 38.3 Å². The lowest BCUT2D eigenvalue weighted by molar-refractivity contribution is -0.142. The summed E-state index contributed by atoms with van der Waals surface area (Å²) >= 11 is 0. The number of hydrogen-bond donors (Lipinski definition) is 7. The first-order valence-corrected chi connectivity index (χ1v) is 11.3. The van der Waals surface area contributed by atoms with Crippen molar-refractivity contribution in [3.05, 3.63) is 0 Å². The fourth-order valence-corrected chi connectivity index (χ4v) is 3.06. The second-order valence-electron chi connectivity index (χ2n) is 8.51. The van der Waals surface area contributed by atoms with Gasteiger partial charge in [0, 0.05) is 0 Å². The van der Waals surface area contributed by atoms with Gasteiger partial charge in [0.15, 0.2) is 0 Å². The van der Waals surface area contributed by atoms with Gasteiger partial charge in [0.05, 0.1) is 6.04 Å². The normalized spacial score (nSPS) is 14.8.